The first-order valence-corrected chi connectivity index (χ1v) is 5.54. The van der Waals surface area contributed by atoms with Crippen LogP contribution in [0.5, 0.6) is 0 Å². The Balaban J connectivity index is 2.52. The van der Waals surface area contributed by atoms with Gasteiger partial charge in [-0.1, -0.05) is 0 Å². The fraction of sp³-hybridized carbons (Fsp3) is 0.909. The van der Waals surface area contributed by atoms with Crippen molar-refractivity contribution in [3.63, 3.8) is 0 Å². The summed E-state index contributed by atoms with van der Waals surface area (Å²) in [5.74, 6) is 0. The lowest BCUT2D eigenvalue weighted by molar-refractivity contribution is -0.0716. The van der Waals surface area contributed by atoms with Crippen molar-refractivity contribution in [2.24, 2.45) is 0 Å². The maximum atomic E-state index is 11.8. The van der Waals surface area contributed by atoms with E-state index in [-0.39, 0.29) is 12.3 Å². The van der Waals surface area contributed by atoms with Gasteiger partial charge in [-0.25, -0.2) is 4.79 Å². The van der Waals surface area contributed by atoms with Gasteiger partial charge < -0.3 is 14.4 Å². The average molecular weight is 230 g/mol. The van der Waals surface area contributed by atoms with E-state index in [9.17, 15) is 4.79 Å². The monoisotopic (exact) mass is 230 g/mol. The van der Waals surface area contributed by atoms with Gasteiger partial charge in [-0.3, -0.25) is 4.90 Å². The summed E-state index contributed by atoms with van der Waals surface area (Å²) in [5, 5.41) is 0. The summed E-state index contributed by atoms with van der Waals surface area (Å²) in [5.41, 5.74) is -0.441. The summed E-state index contributed by atoms with van der Waals surface area (Å²) in [7, 11) is 3.64. The molecule has 16 heavy (non-hydrogen) atoms. The van der Waals surface area contributed by atoms with Crippen LogP contribution in [0.1, 0.15) is 20.8 Å². The molecule has 1 atom stereocenters. The Bertz CT molecular complexity index is 250. The van der Waals surface area contributed by atoms with Crippen LogP contribution < -0.4 is 0 Å². The minimum Gasteiger partial charge on any atom is -0.444 e. The van der Waals surface area contributed by atoms with Gasteiger partial charge in [-0.15, -0.1) is 0 Å². The van der Waals surface area contributed by atoms with E-state index < -0.39 is 5.60 Å². The quantitative estimate of drug-likeness (QED) is 0.677. The molecule has 1 amide bonds. The summed E-state index contributed by atoms with van der Waals surface area (Å²) in [6, 6.07) is 0. The third-order valence-corrected chi connectivity index (χ3v) is 2.51. The molecule has 1 rings (SSSR count). The largest absolute Gasteiger partial charge is 0.444 e. The first-order valence-electron chi connectivity index (χ1n) is 5.54. The Hall–Kier alpha value is -0.810. The molecule has 0 saturated carbocycles. The zero-order valence-electron chi connectivity index (χ0n) is 10.8. The SMILES string of the molecule is CO[C@@H]1CN(C(=O)OC(C)(C)C)CCN1C. The van der Waals surface area contributed by atoms with Crippen LogP contribution in [0.25, 0.3) is 0 Å². The van der Waals surface area contributed by atoms with Gasteiger partial charge in [0.25, 0.3) is 0 Å². The highest BCUT2D eigenvalue weighted by atomic mass is 16.6. The van der Waals surface area contributed by atoms with Gasteiger partial charge in [-0.05, 0) is 27.8 Å². The van der Waals surface area contributed by atoms with E-state index in [0.29, 0.717) is 13.1 Å². The van der Waals surface area contributed by atoms with Crippen molar-refractivity contribution < 1.29 is 14.3 Å². The van der Waals surface area contributed by atoms with Gasteiger partial charge in [0.2, 0.25) is 0 Å². The normalized spacial score (nSPS) is 23.3. The fourth-order valence-corrected chi connectivity index (χ4v) is 1.59. The molecular formula is C11H22N2O3. The number of ether oxygens (including phenoxy) is 2. The minimum atomic E-state index is -0.441. The van der Waals surface area contributed by atoms with Crippen LogP contribution in [-0.4, -0.2) is 61.5 Å². The van der Waals surface area contributed by atoms with E-state index in [1.54, 1.807) is 12.0 Å². The second-order valence-electron chi connectivity index (χ2n) is 5.10. The van der Waals surface area contributed by atoms with Crippen molar-refractivity contribution in [2.75, 3.05) is 33.8 Å². The molecule has 94 valence electrons. The molecule has 5 heteroatoms. The molecule has 0 aliphatic carbocycles. The Morgan fingerprint density at radius 1 is 1.31 bits per heavy atom. The van der Waals surface area contributed by atoms with E-state index in [1.165, 1.54) is 0 Å². The number of carbonyl (C=O) groups is 1. The van der Waals surface area contributed by atoms with Gasteiger partial charge in [0.15, 0.2) is 0 Å². The third-order valence-electron chi connectivity index (χ3n) is 2.51. The molecule has 5 nitrogen and oxygen atoms in total. The van der Waals surface area contributed by atoms with Crippen LogP contribution in [0, 0.1) is 0 Å². The summed E-state index contributed by atoms with van der Waals surface area (Å²) in [6.07, 6.45) is -0.302. The summed E-state index contributed by atoms with van der Waals surface area (Å²) in [6.45, 7) is 7.66. The number of piperazine rings is 1. The highest BCUT2D eigenvalue weighted by molar-refractivity contribution is 5.68. The smallest absolute Gasteiger partial charge is 0.410 e. The topological polar surface area (TPSA) is 42.0 Å². The Morgan fingerprint density at radius 2 is 1.94 bits per heavy atom. The maximum absolute atomic E-state index is 11.8. The number of methoxy groups -OCH3 is 1. The van der Waals surface area contributed by atoms with Crippen LogP contribution in [0.2, 0.25) is 0 Å². The second kappa shape index (κ2) is 5.01. The molecule has 0 unspecified atom stereocenters. The van der Waals surface area contributed by atoms with Crippen LogP contribution in [0.15, 0.2) is 0 Å². The van der Waals surface area contributed by atoms with Crippen molar-refractivity contribution in [3.8, 4) is 0 Å². The average Bonchev–Trinajstić information content (AvgIpc) is 2.15. The molecule has 1 heterocycles. The van der Waals surface area contributed by atoms with Gasteiger partial charge in [0.05, 0.1) is 6.54 Å². The molecule has 1 aliphatic heterocycles. The number of rotatable bonds is 1. The molecule has 0 radical (unpaired) electrons. The zero-order valence-corrected chi connectivity index (χ0v) is 10.8. The molecule has 0 aromatic carbocycles. The number of hydrogen-bond donors (Lipinski definition) is 0. The van der Waals surface area contributed by atoms with Gasteiger partial charge in [0, 0.05) is 20.2 Å². The van der Waals surface area contributed by atoms with E-state index >= 15 is 0 Å². The zero-order chi connectivity index (χ0) is 12.3. The lowest BCUT2D eigenvalue weighted by Crippen LogP contribution is -2.54. The van der Waals surface area contributed by atoms with Gasteiger partial charge >= 0.3 is 6.09 Å². The van der Waals surface area contributed by atoms with Crippen LogP contribution in [0.3, 0.4) is 0 Å². The van der Waals surface area contributed by atoms with Crippen molar-refractivity contribution in [2.45, 2.75) is 32.6 Å². The fourth-order valence-electron chi connectivity index (χ4n) is 1.59. The maximum Gasteiger partial charge on any atom is 0.410 e. The number of hydrogen-bond acceptors (Lipinski definition) is 4. The summed E-state index contributed by atoms with van der Waals surface area (Å²) >= 11 is 0. The molecule has 0 spiro atoms. The van der Waals surface area contributed by atoms with Crippen LogP contribution in [-0.2, 0) is 9.47 Å². The van der Waals surface area contributed by atoms with Gasteiger partial charge in [0.1, 0.15) is 11.8 Å². The summed E-state index contributed by atoms with van der Waals surface area (Å²) in [4.78, 5) is 15.6. The van der Waals surface area contributed by atoms with Crippen molar-refractivity contribution >= 4 is 6.09 Å². The van der Waals surface area contributed by atoms with Crippen molar-refractivity contribution in [3.05, 3.63) is 0 Å². The second-order valence-corrected chi connectivity index (χ2v) is 5.10. The molecular weight excluding hydrogens is 208 g/mol. The molecule has 1 fully saturated rings. The number of likely N-dealkylation sites (N-methyl/N-ethyl adjacent to an activating group) is 1. The van der Waals surface area contributed by atoms with E-state index in [0.717, 1.165) is 6.54 Å². The highest BCUT2D eigenvalue weighted by Gasteiger charge is 2.29. The molecule has 1 aliphatic rings. The van der Waals surface area contributed by atoms with Crippen molar-refractivity contribution in [1.82, 2.24) is 9.80 Å². The summed E-state index contributed by atoms with van der Waals surface area (Å²) < 4.78 is 10.6. The lowest BCUT2D eigenvalue weighted by Gasteiger charge is -2.38. The molecule has 0 bridgehead atoms. The van der Waals surface area contributed by atoms with Crippen LogP contribution in [0.4, 0.5) is 4.79 Å². The molecule has 1 saturated heterocycles. The van der Waals surface area contributed by atoms with Crippen LogP contribution >= 0.6 is 0 Å². The Morgan fingerprint density at radius 3 is 2.44 bits per heavy atom. The number of amides is 1. The molecule has 0 aromatic heterocycles. The molecule has 0 N–H and O–H groups in total. The van der Waals surface area contributed by atoms with Gasteiger partial charge in [-0.2, -0.15) is 0 Å². The minimum absolute atomic E-state index is 0.0405. The standard InChI is InChI=1S/C11H22N2O3/c1-11(2,3)16-10(14)13-7-6-12(4)9(8-13)15-5/h9H,6-8H2,1-5H3/t9-/m1/s1. The predicted octanol–water partition coefficient (Wildman–Crippen LogP) is 1.14. The Labute approximate surface area is 97.3 Å². The number of carbonyl (C=O) groups excluding carboxylic acids is 1. The first kappa shape index (κ1) is 13.3. The van der Waals surface area contributed by atoms with Crippen molar-refractivity contribution in [1.29, 1.82) is 0 Å². The predicted molar refractivity (Wildman–Crippen MR) is 61.2 cm³/mol. The van der Waals surface area contributed by atoms with E-state index in [4.69, 9.17) is 9.47 Å². The van der Waals surface area contributed by atoms with E-state index in [1.807, 2.05) is 27.8 Å². The first-order chi connectivity index (χ1) is 7.33. The van der Waals surface area contributed by atoms with E-state index in [2.05, 4.69) is 4.90 Å². The highest BCUT2D eigenvalue weighted by Crippen LogP contribution is 2.14. The third kappa shape index (κ3) is 3.64. The Kier molecular flexibility index (Phi) is 4.15. The lowest BCUT2D eigenvalue weighted by atomic mass is 10.2. The molecule has 0 aromatic rings. The number of nitrogens with zero attached hydrogens (tertiary/aromatic N) is 2.